The lowest BCUT2D eigenvalue weighted by molar-refractivity contribution is -0.142. The minimum absolute atomic E-state index is 0. The molecule has 0 radical (unpaired) electrons. The summed E-state index contributed by atoms with van der Waals surface area (Å²) in [5, 5.41) is 5.69. The summed E-state index contributed by atoms with van der Waals surface area (Å²) < 4.78 is 4.51. The first kappa shape index (κ1) is 17.9. The Morgan fingerprint density at radius 1 is 1.42 bits per heavy atom. The highest BCUT2D eigenvalue weighted by molar-refractivity contribution is 5.85. The van der Waals surface area contributed by atoms with Crippen LogP contribution in [0.1, 0.15) is 0 Å². The normalized spacial score (nSPS) is 10.6. The summed E-state index contributed by atoms with van der Waals surface area (Å²) >= 11 is 0. The second-order valence-corrected chi connectivity index (χ2v) is 1.92. The van der Waals surface area contributed by atoms with Gasteiger partial charge in [-0.15, -0.1) is 24.8 Å². The second-order valence-electron chi connectivity index (χ2n) is 1.92. The van der Waals surface area contributed by atoms with Gasteiger partial charge in [0.05, 0.1) is 7.11 Å². The van der Waals surface area contributed by atoms with Gasteiger partial charge in [-0.25, -0.2) is 0 Å². The van der Waals surface area contributed by atoms with Gasteiger partial charge in [-0.1, -0.05) is 0 Å². The van der Waals surface area contributed by atoms with Crippen molar-refractivity contribution in [3.8, 4) is 0 Å². The van der Waals surface area contributed by atoms with Crippen molar-refractivity contribution >= 4 is 30.8 Å². The fourth-order valence-electron chi connectivity index (χ4n) is 0.650. The first-order chi connectivity index (χ1) is 4.76. The molecule has 6 heteroatoms. The number of rotatable bonds is 4. The van der Waals surface area contributed by atoms with Crippen LogP contribution in [0.3, 0.4) is 0 Å². The Morgan fingerprint density at radius 2 is 1.92 bits per heavy atom. The number of carbonyl (C=O) groups is 1. The minimum atomic E-state index is -0.241. The molecule has 2 N–H and O–H groups in total. The highest BCUT2D eigenvalue weighted by Gasteiger charge is 2.14. The third kappa shape index (κ3) is 6.67. The van der Waals surface area contributed by atoms with Gasteiger partial charge in [0.2, 0.25) is 0 Å². The van der Waals surface area contributed by atoms with E-state index in [1.165, 1.54) is 7.11 Å². The molecule has 0 spiro atoms. The van der Waals surface area contributed by atoms with Gasteiger partial charge >= 0.3 is 5.97 Å². The van der Waals surface area contributed by atoms with Gasteiger partial charge < -0.3 is 15.4 Å². The molecule has 0 aromatic heterocycles. The molecule has 0 aliphatic rings. The lowest BCUT2D eigenvalue weighted by Crippen LogP contribution is -2.42. The number of nitrogens with one attached hydrogen (secondary N) is 2. The number of halogens is 2. The Hall–Kier alpha value is -0.0300. The minimum Gasteiger partial charge on any atom is -0.468 e. The lowest BCUT2D eigenvalue weighted by atomic mass is 10.3. The fraction of sp³-hybridized carbons (Fsp3) is 0.833. The van der Waals surface area contributed by atoms with Crippen LogP contribution in [0.25, 0.3) is 0 Å². The summed E-state index contributed by atoms with van der Waals surface area (Å²) in [7, 11) is 4.88. The lowest BCUT2D eigenvalue weighted by Gasteiger charge is -2.11. The third-order valence-electron chi connectivity index (χ3n) is 1.24. The van der Waals surface area contributed by atoms with Crippen molar-refractivity contribution < 1.29 is 9.53 Å². The van der Waals surface area contributed by atoms with Gasteiger partial charge in [-0.3, -0.25) is 4.79 Å². The van der Waals surface area contributed by atoms with Gasteiger partial charge in [0.1, 0.15) is 6.04 Å². The van der Waals surface area contributed by atoms with Gasteiger partial charge in [0, 0.05) is 6.54 Å². The van der Waals surface area contributed by atoms with Crippen LogP contribution in [-0.2, 0) is 9.53 Å². The van der Waals surface area contributed by atoms with Crippen molar-refractivity contribution in [3.05, 3.63) is 0 Å². The van der Waals surface area contributed by atoms with E-state index < -0.39 is 0 Å². The summed E-state index contributed by atoms with van der Waals surface area (Å²) in [6.07, 6.45) is 0. The number of ether oxygens (including phenoxy) is 1. The van der Waals surface area contributed by atoms with Crippen LogP contribution in [0.2, 0.25) is 0 Å². The van der Waals surface area contributed by atoms with Gasteiger partial charge in [-0.2, -0.15) is 0 Å². The third-order valence-corrected chi connectivity index (χ3v) is 1.24. The molecular formula is C6H16Cl2N2O2. The molecular weight excluding hydrogens is 203 g/mol. The number of hydrogen-bond donors (Lipinski definition) is 2. The van der Waals surface area contributed by atoms with Crippen LogP contribution in [0.5, 0.6) is 0 Å². The molecule has 12 heavy (non-hydrogen) atoms. The molecule has 76 valence electrons. The van der Waals surface area contributed by atoms with E-state index in [2.05, 4.69) is 15.4 Å². The van der Waals surface area contributed by atoms with Crippen molar-refractivity contribution in [2.24, 2.45) is 0 Å². The number of methoxy groups -OCH3 is 1. The van der Waals surface area contributed by atoms with Gasteiger partial charge in [-0.05, 0) is 14.1 Å². The highest BCUT2D eigenvalue weighted by atomic mass is 35.5. The van der Waals surface area contributed by atoms with E-state index in [9.17, 15) is 4.79 Å². The number of esters is 1. The topological polar surface area (TPSA) is 50.4 Å². The molecule has 0 amide bonds. The predicted molar refractivity (Wildman–Crippen MR) is 53.3 cm³/mol. The zero-order valence-electron chi connectivity index (χ0n) is 7.42. The van der Waals surface area contributed by atoms with Gasteiger partial charge in [0.25, 0.3) is 0 Å². The summed E-state index contributed by atoms with van der Waals surface area (Å²) in [6.45, 7) is 0.586. The molecule has 0 rings (SSSR count). The second kappa shape index (κ2) is 11.0. The quantitative estimate of drug-likeness (QED) is 0.643. The molecule has 0 aliphatic heterocycles. The maximum atomic E-state index is 10.8. The maximum absolute atomic E-state index is 10.8. The van der Waals surface area contributed by atoms with E-state index in [0.717, 1.165) is 0 Å². The van der Waals surface area contributed by atoms with Crippen molar-refractivity contribution in [1.82, 2.24) is 10.6 Å². The van der Waals surface area contributed by atoms with Crippen LogP contribution in [0.15, 0.2) is 0 Å². The first-order valence-corrected chi connectivity index (χ1v) is 3.16. The Bertz CT molecular complexity index is 114. The van der Waals surface area contributed by atoms with Crippen LogP contribution >= 0.6 is 24.8 Å². The molecule has 1 atom stereocenters. The molecule has 0 bridgehead atoms. The Morgan fingerprint density at radius 3 is 2.17 bits per heavy atom. The molecule has 0 aliphatic carbocycles. The Labute approximate surface area is 85.2 Å². The molecule has 0 saturated heterocycles. The Kier molecular flexibility index (Phi) is 16.4. The van der Waals surface area contributed by atoms with Crippen LogP contribution in [0, 0.1) is 0 Å². The van der Waals surface area contributed by atoms with Crippen LogP contribution < -0.4 is 10.6 Å². The van der Waals surface area contributed by atoms with E-state index in [0.29, 0.717) is 6.54 Å². The SMILES string of the molecule is CNCC(NC)C(=O)OC.Cl.Cl. The van der Waals surface area contributed by atoms with Gasteiger partial charge in [0.15, 0.2) is 0 Å². The van der Waals surface area contributed by atoms with Crippen molar-refractivity contribution in [2.75, 3.05) is 27.7 Å². The van der Waals surface area contributed by atoms with E-state index in [-0.39, 0.29) is 36.8 Å². The number of carbonyl (C=O) groups excluding carboxylic acids is 1. The Balaban J connectivity index is -0.000000405. The highest BCUT2D eigenvalue weighted by Crippen LogP contribution is 1.83. The van der Waals surface area contributed by atoms with Crippen LogP contribution in [0.4, 0.5) is 0 Å². The van der Waals surface area contributed by atoms with Crippen molar-refractivity contribution in [3.63, 3.8) is 0 Å². The molecule has 1 unspecified atom stereocenters. The fourth-order valence-corrected chi connectivity index (χ4v) is 0.650. The summed E-state index contributed by atoms with van der Waals surface area (Å²) in [5.41, 5.74) is 0. The standard InChI is InChI=1S/C6H14N2O2.2ClH/c1-7-4-5(8-2)6(9)10-3;;/h5,7-8H,4H2,1-3H3;2*1H. The monoisotopic (exact) mass is 218 g/mol. The molecule has 0 aromatic carbocycles. The average molecular weight is 219 g/mol. The smallest absolute Gasteiger partial charge is 0.324 e. The molecule has 4 nitrogen and oxygen atoms in total. The number of hydrogen-bond acceptors (Lipinski definition) is 4. The molecule has 0 heterocycles. The predicted octanol–water partition coefficient (Wildman–Crippen LogP) is -0.190. The van der Waals surface area contributed by atoms with E-state index >= 15 is 0 Å². The van der Waals surface area contributed by atoms with E-state index in [1.54, 1.807) is 14.1 Å². The largest absolute Gasteiger partial charge is 0.468 e. The molecule has 0 saturated carbocycles. The summed E-state index contributed by atoms with van der Waals surface area (Å²) in [5.74, 6) is -0.239. The molecule has 0 aromatic rings. The summed E-state index contributed by atoms with van der Waals surface area (Å²) in [6, 6.07) is -0.241. The zero-order valence-corrected chi connectivity index (χ0v) is 9.05. The maximum Gasteiger partial charge on any atom is 0.324 e. The molecule has 0 fully saturated rings. The van der Waals surface area contributed by atoms with E-state index in [1.807, 2.05) is 0 Å². The number of likely N-dealkylation sites (N-methyl/N-ethyl adjacent to an activating group) is 2. The first-order valence-electron chi connectivity index (χ1n) is 3.16. The van der Waals surface area contributed by atoms with Crippen LogP contribution in [-0.4, -0.2) is 39.8 Å². The van der Waals surface area contributed by atoms with E-state index in [4.69, 9.17) is 0 Å². The van der Waals surface area contributed by atoms with Crippen molar-refractivity contribution in [1.29, 1.82) is 0 Å². The average Bonchev–Trinajstić information content (AvgIpc) is 1.99. The summed E-state index contributed by atoms with van der Waals surface area (Å²) in [4.78, 5) is 10.8. The van der Waals surface area contributed by atoms with Crippen molar-refractivity contribution in [2.45, 2.75) is 6.04 Å². The zero-order chi connectivity index (χ0) is 7.98.